The molecule has 1 aliphatic rings. The van der Waals surface area contributed by atoms with Crippen LogP contribution in [0.1, 0.15) is 38.7 Å². The van der Waals surface area contributed by atoms with E-state index >= 15 is 0 Å². The third-order valence-electron chi connectivity index (χ3n) is 2.96. The average Bonchev–Trinajstić information content (AvgIpc) is 2.44. The Bertz CT molecular complexity index is 472. The topological polar surface area (TPSA) is 81.4 Å². The molecule has 3 N–H and O–H groups in total. The van der Waals surface area contributed by atoms with Gasteiger partial charge in [0.2, 0.25) is 5.91 Å². The highest BCUT2D eigenvalue weighted by atomic mass is 35.5. The number of carbonyl (C=O) groups is 2. The van der Waals surface area contributed by atoms with Gasteiger partial charge in [-0.15, -0.1) is 12.4 Å². The minimum atomic E-state index is -0.0648. The Kier molecular flexibility index (Phi) is 10.2. The van der Waals surface area contributed by atoms with Gasteiger partial charge in [-0.2, -0.15) is 0 Å². The van der Waals surface area contributed by atoms with Gasteiger partial charge in [0.05, 0.1) is 6.42 Å². The van der Waals surface area contributed by atoms with Crippen LogP contribution in [0.25, 0.3) is 0 Å². The lowest BCUT2D eigenvalue weighted by Gasteiger charge is -2.09. The molecule has 0 unspecified atom stereocenters. The van der Waals surface area contributed by atoms with Gasteiger partial charge in [-0.25, -0.2) is 0 Å². The highest BCUT2D eigenvalue weighted by molar-refractivity contribution is 5.90. The van der Waals surface area contributed by atoms with Crippen LogP contribution in [0, 0.1) is 5.92 Å². The molecule has 1 aromatic rings. The van der Waals surface area contributed by atoms with E-state index in [-0.39, 0.29) is 24.3 Å². The van der Waals surface area contributed by atoms with Gasteiger partial charge < -0.3 is 15.8 Å². The largest absolute Gasteiger partial charge is 0.465 e. The molecule has 1 aliphatic heterocycles. The Hall–Kier alpha value is -1.59. The number of benzene rings is 1. The van der Waals surface area contributed by atoms with Gasteiger partial charge in [0.25, 0.3) is 0 Å². The summed E-state index contributed by atoms with van der Waals surface area (Å²) >= 11 is 0. The highest BCUT2D eigenvalue weighted by Crippen LogP contribution is 2.11. The molecule has 5 nitrogen and oxygen atoms in total. The third kappa shape index (κ3) is 8.64. The number of rotatable bonds is 5. The Labute approximate surface area is 138 Å². The number of carbonyl (C=O) groups excluding carboxylic acids is 2. The number of cyclic esters (lactones) is 1. The molecule has 1 heterocycles. The first-order chi connectivity index (χ1) is 10.0. The zero-order valence-electron chi connectivity index (χ0n) is 13.1. The van der Waals surface area contributed by atoms with Crippen LogP contribution in [0.5, 0.6) is 0 Å². The lowest BCUT2D eigenvalue weighted by atomic mass is 10.1. The molecule has 0 radical (unpaired) electrons. The van der Waals surface area contributed by atoms with Crippen molar-refractivity contribution in [3.8, 4) is 0 Å². The number of halogens is 1. The van der Waals surface area contributed by atoms with E-state index in [1.54, 1.807) is 0 Å². The number of nitrogens with one attached hydrogen (secondary N) is 1. The lowest BCUT2D eigenvalue weighted by molar-refractivity contribution is -0.157. The van der Waals surface area contributed by atoms with E-state index < -0.39 is 0 Å². The maximum absolute atomic E-state index is 11.6. The van der Waals surface area contributed by atoms with Crippen LogP contribution in [0.2, 0.25) is 0 Å². The number of amides is 1. The van der Waals surface area contributed by atoms with E-state index in [1.807, 2.05) is 24.3 Å². The summed E-state index contributed by atoms with van der Waals surface area (Å²) in [5.41, 5.74) is 7.39. The molecule has 124 valence electrons. The molecule has 0 spiro atoms. The van der Waals surface area contributed by atoms with Gasteiger partial charge in [-0.05, 0) is 30.0 Å². The maximum Gasteiger partial charge on any atom is 0.309 e. The molecular formula is C16H25ClN2O3. The van der Waals surface area contributed by atoms with Crippen LogP contribution in [0.3, 0.4) is 0 Å². The van der Waals surface area contributed by atoms with Gasteiger partial charge in [0, 0.05) is 18.7 Å². The van der Waals surface area contributed by atoms with Gasteiger partial charge in [0.1, 0.15) is 6.61 Å². The summed E-state index contributed by atoms with van der Waals surface area (Å²) in [6.07, 6.45) is 2.12. The smallest absolute Gasteiger partial charge is 0.309 e. The Balaban J connectivity index is 0.000000622. The molecule has 0 saturated carbocycles. The molecule has 22 heavy (non-hydrogen) atoms. The van der Waals surface area contributed by atoms with Crippen molar-refractivity contribution in [3.05, 3.63) is 29.8 Å². The van der Waals surface area contributed by atoms with Crippen LogP contribution < -0.4 is 11.1 Å². The molecule has 1 saturated heterocycles. The Morgan fingerprint density at radius 3 is 2.50 bits per heavy atom. The Morgan fingerprint density at radius 2 is 2.05 bits per heavy atom. The van der Waals surface area contributed by atoms with Crippen LogP contribution in [0.15, 0.2) is 24.3 Å². The van der Waals surface area contributed by atoms with Gasteiger partial charge >= 0.3 is 5.97 Å². The molecule has 0 bridgehead atoms. The molecule has 0 atom stereocenters. The van der Waals surface area contributed by atoms with Crippen molar-refractivity contribution in [1.82, 2.24) is 0 Å². The first-order valence-corrected chi connectivity index (χ1v) is 7.25. The first-order valence-electron chi connectivity index (χ1n) is 7.25. The standard InChI is InChI=1S/C13H20N2O.C3H4O2.ClH/c1-10(2)6-7-13(16)15-12-5-3-4-11(8-12)9-14;4-3-1-2-5-3;/h3-5,8,10H,6-7,9,14H2,1-2H3,(H,15,16);1-2H2;1H. The van der Waals surface area contributed by atoms with E-state index in [4.69, 9.17) is 5.73 Å². The second-order valence-electron chi connectivity index (χ2n) is 5.36. The summed E-state index contributed by atoms with van der Waals surface area (Å²) in [6, 6.07) is 7.64. The molecule has 0 aromatic heterocycles. The SMILES string of the molecule is CC(C)CCC(=O)Nc1cccc(CN)c1.Cl.O=C1CCO1. The minimum Gasteiger partial charge on any atom is -0.465 e. The van der Waals surface area contributed by atoms with Crippen molar-refractivity contribution >= 4 is 30.0 Å². The highest BCUT2D eigenvalue weighted by Gasteiger charge is 2.11. The summed E-state index contributed by atoms with van der Waals surface area (Å²) < 4.78 is 4.29. The van der Waals surface area contributed by atoms with Crippen LogP contribution >= 0.6 is 12.4 Å². The van der Waals surface area contributed by atoms with Crippen molar-refractivity contribution in [1.29, 1.82) is 0 Å². The zero-order valence-corrected chi connectivity index (χ0v) is 13.9. The fourth-order valence-electron chi connectivity index (χ4n) is 1.60. The van der Waals surface area contributed by atoms with E-state index in [9.17, 15) is 9.59 Å². The van der Waals surface area contributed by atoms with Crippen molar-refractivity contribution < 1.29 is 14.3 Å². The lowest BCUT2D eigenvalue weighted by Crippen LogP contribution is -2.18. The molecule has 1 fully saturated rings. The van der Waals surface area contributed by atoms with Crippen molar-refractivity contribution in [2.75, 3.05) is 11.9 Å². The molecule has 6 heteroatoms. The monoisotopic (exact) mass is 328 g/mol. The van der Waals surface area contributed by atoms with Crippen LogP contribution in [-0.4, -0.2) is 18.5 Å². The predicted octanol–water partition coefficient (Wildman–Crippen LogP) is 2.88. The summed E-state index contributed by atoms with van der Waals surface area (Å²) in [4.78, 5) is 21.3. The van der Waals surface area contributed by atoms with Gasteiger partial charge in [0.15, 0.2) is 0 Å². The molecular weight excluding hydrogens is 304 g/mol. The summed E-state index contributed by atoms with van der Waals surface area (Å²) in [6.45, 7) is 5.36. The fraction of sp³-hybridized carbons (Fsp3) is 0.500. The molecule has 0 aliphatic carbocycles. The van der Waals surface area contributed by atoms with E-state index in [0.29, 0.717) is 31.9 Å². The minimum absolute atomic E-state index is 0. The number of ether oxygens (including phenoxy) is 1. The van der Waals surface area contributed by atoms with Crippen LogP contribution in [-0.2, 0) is 20.9 Å². The summed E-state index contributed by atoms with van der Waals surface area (Å²) in [5, 5.41) is 2.88. The normalized spacial score (nSPS) is 12.3. The summed E-state index contributed by atoms with van der Waals surface area (Å²) in [5.74, 6) is 0.564. The van der Waals surface area contributed by atoms with E-state index in [2.05, 4.69) is 23.9 Å². The number of hydrogen-bond donors (Lipinski definition) is 2. The summed E-state index contributed by atoms with van der Waals surface area (Å²) in [7, 11) is 0. The molecule has 2 rings (SSSR count). The second kappa shape index (κ2) is 11.0. The second-order valence-corrected chi connectivity index (χ2v) is 5.36. The average molecular weight is 329 g/mol. The molecule has 1 amide bonds. The predicted molar refractivity (Wildman–Crippen MR) is 89.9 cm³/mol. The van der Waals surface area contributed by atoms with E-state index in [1.165, 1.54) is 0 Å². The van der Waals surface area contributed by atoms with Gasteiger partial charge in [-0.3, -0.25) is 9.59 Å². The van der Waals surface area contributed by atoms with Crippen molar-refractivity contribution in [2.24, 2.45) is 11.7 Å². The number of hydrogen-bond acceptors (Lipinski definition) is 4. The van der Waals surface area contributed by atoms with Crippen molar-refractivity contribution in [3.63, 3.8) is 0 Å². The number of esters is 1. The Morgan fingerprint density at radius 1 is 1.41 bits per heavy atom. The van der Waals surface area contributed by atoms with Crippen molar-refractivity contribution in [2.45, 2.75) is 39.7 Å². The quantitative estimate of drug-likeness (QED) is 0.814. The molecule has 1 aromatic carbocycles. The first kappa shape index (κ1) is 20.4. The van der Waals surface area contributed by atoms with Crippen LogP contribution in [0.4, 0.5) is 5.69 Å². The number of anilines is 1. The van der Waals surface area contributed by atoms with E-state index in [0.717, 1.165) is 17.7 Å². The number of nitrogens with two attached hydrogens (primary N) is 1. The van der Waals surface area contributed by atoms with Gasteiger partial charge in [-0.1, -0.05) is 26.0 Å². The fourth-order valence-corrected chi connectivity index (χ4v) is 1.60. The maximum atomic E-state index is 11.6. The zero-order chi connectivity index (χ0) is 15.7. The third-order valence-corrected chi connectivity index (χ3v) is 2.96.